The van der Waals surface area contributed by atoms with Crippen LogP contribution >= 0.6 is 0 Å². The maximum Gasteiger partial charge on any atom is 0.235 e. The highest BCUT2D eigenvalue weighted by atomic mass is 16.1. The van der Waals surface area contributed by atoms with Crippen molar-refractivity contribution in [3.05, 3.63) is 11.8 Å². The Labute approximate surface area is 71.4 Å². The predicted molar refractivity (Wildman–Crippen MR) is 47.5 cm³/mol. The minimum absolute atomic E-state index is 0.0671. The van der Waals surface area contributed by atoms with Crippen LogP contribution in [0.5, 0.6) is 0 Å². The molecule has 12 heavy (non-hydrogen) atoms. The van der Waals surface area contributed by atoms with E-state index in [0.717, 1.165) is 10.4 Å². The zero-order valence-corrected chi connectivity index (χ0v) is 7.53. The molecule has 1 rings (SSSR count). The third kappa shape index (κ3) is 1.47. The SMILES string of the molecule is CC(C)(C)c1cc(N)n(C=O)n1. The molecule has 4 heteroatoms. The predicted octanol–water partition coefficient (Wildman–Crippen LogP) is 0.801. The molecule has 0 atom stereocenters. The van der Waals surface area contributed by atoms with Crippen molar-refractivity contribution in [2.45, 2.75) is 26.2 Å². The van der Waals surface area contributed by atoms with Crippen molar-refractivity contribution in [2.75, 3.05) is 5.73 Å². The number of carbonyl (C=O) groups excluding carboxylic acids is 1. The van der Waals surface area contributed by atoms with Gasteiger partial charge in [-0.2, -0.15) is 9.78 Å². The standard InChI is InChI=1S/C8H13N3O/c1-8(2,3)6-4-7(9)11(5-12)10-6/h4-5H,9H2,1-3H3. The number of hydrogen-bond acceptors (Lipinski definition) is 3. The van der Waals surface area contributed by atoms with E-state index in [1.54, 1.807) is 6.07 Å². The normalized spacial score (nSPS) is 11.6. The van der Waals surface area contributed by atoms with E-state index in [9.17, 15) is 4.79 Å². The van der Waals surface area contributed by atoms with Crippen molar-refractivity contribution in [1.29, 1.82) is 0 Å². The summed E-state index contributed by atoms with van der Waals surface area (Å²) in [6, 6.07) is 1.72. The summed E-state index contributed by atoms with van der Waals surface area (Å²) in [6.45, 7) is 6.05. The molecule has 0 aromatic carbocycles. The Morgan fingerprint density at radius 2 is 2.17 bits per heavy atom. The molecular weight excluding hydrogens is 154 g/mol. The van der Waals surface area contributed by atoms with Crippen LogP contribution in [0.4, 0.5) is 5.82 Å². The van der Waals surface area contributed by atoms with Crippen molar-refractivity contribution < 1.29 is 4.79 Å². The first kappa shape index (κ1) is 8.77. The fourth-order valence-corrected chi connectivity index (χ4v) is 0.860. The van der Waals surface area contributed by atoms with Crippen molar-refractivity contribution >= 4 is 12.2 Å². The lowest BCUT2D eigenvalue weighted by molar-refractivity contribution is 0.531. The molecule has 0 saturated carbocycles. The Hall–Kier alpha value is -1.32. The molecule has 0 fully saturated rings. The Morgan fingerprint density at radius 1 is 1.58 bits per heavy atom. The molecule has 1 aromatic heterocycles. The number of rotatable bonds is 1. The molecule has 4 nitrogen and oxygen atoms in total. The summed E-state index contributed by atoms with van der Waals surface area (Å²) in [6.07, 6.45) is 0.602. The first-order chi connectivity index (χ1) is 5.45. The number of hydrogen-bond donors (Lipinski definition) is 1. The highest BCUT2D eigenvalue weighted by Gasteiger charge is 2.18. The van der Waals surface area contributed by atoms with Gasteiger partial charge in [0.1, 0.15) is 5.82 Å². The van der Waals surface area contributed by atoms with Gasteiger partial charge in [0, 0.05) is 11.5 Å². The third-order valence-corrected chi connectivity index (χ3v) is 1.63. The van der Waals surface area contributed by atoms with Gasteiger partial charge in [0.2, 0.25) is 6.41 Å². The number of aromatic nitrogens is 2. The minimum atomic E-state index is -0.0671. The van der Waals surface area contributed by atoms with Crippen LogP contribution in [0.15, 0.2) is 6.07 Å². The zero-order chi connectivity index (χ0) is 9.35. The quantitative estimate of drug-likeness (QED) is 0.629. The van der Waals surface area contributed by atoms with Crippen molar-refractivity contribution in [3.8, 4) is 0 Å². The highest BCUT2D eigenvalue weighted by molar-refractivity contribution is 5.58. The van der Waals surface area contributed by atoms with Crippen molar-refractivity contribution in [2.24, 2.45) is 0 Å². The smallest absolute Gasteiger partial charge is 0.235 e. The summed E-state index contributed by atoms with van der Waals surface area (Å²) in [4.78, 5) is 10.4. The van der Waals surface area contributed by atoms with Gasteiger partial charge in [-0.05, 0) is 0 Å². The Balaban J connectivity index is 3.13. The largest absolute Gasteiger partial charge is 0.383 e. The number of nitrogens with zero attached hydrogens (tertiary/aromatic N) is 2. The van der Waals surface area contributed by atoms with Crippen LogP contribution in [-0.2, 0) is 10.2 Å². The van der Waals surface area contributed by atoms with Crippen LogP contribution < -0.4 is 5.73 Å². The third-order valence-electron chi connectivity index (χ3n) is 1.63. The van der Waals surface area contributed by atoms with Gasteiger partial charge in [-0.3, -0.25) is 4.79 Å². The fourth-order valence-electron chi connectivity index (χ4n) is 0.860. The van der Waals surface area contributed by atoms with Crippen LogP contribution in [-0.4, -0.2) is 16.2 Å². The lowest BCUT2D eigenvalue weighted by Crippen LogP contribution is -2.12. The number of carbonyl (C=O) groups is 1. The molecule has 0 unspecified atom stereocenters. The van der Waals surface area contributed by atoms with E-state index in [0.29, 0.717) is 12.2 Å². The minimum Gasteiger partial charge on any atom is -0.383 e. The Kier molecular flexibility index (Phi) is 1.92. The maximum absolute atomic E-state index is 10.4. The second kappa shape index (κ2) is 2.62. The van der Waals surface area contributed by atoms with E-state index in [4.69, 9.17) is 5.73 Å². The molecular formula is C8H13N3O. The van der Waals surface area contributed by atoms with Gasteiger partial charge < -0.3 is 5.73 Å². The van der Waals surface area contributed by atoms with Gasteiger partial charge in [0.25, 0.3) is 0 Å². The average molecular weight is 167 g/mol. The van der Waals surface area contributed by atoms with E-state index in [-0.39, 0.29) is 5.41 Å². The van der Waals surface area contributed by atoms with Crippen LogP contribution in [0.2, 0.25) is 0 Å². The van der Waals surface area contributed by atoms with Crippen LogP contribution in [0.3, 0.4) is 0 Å². The topological polar surface area (TPSA) is 60.9 Å². The highest BCUT2D eigenvalue weighted by Crippen LogP contribution is 2.21. The van der Waals surface area contributed by atoms with E-state index in [1.165, 1.54) is 0 Å². The van der Waals surface area contributed by atoms with Gasteiger partial charge in [-0.1, -0.05) is 20.8 Å². The zero-order valence-electron chi connectivity index (χ0n) is 7.53. The van der Waals surface area contributed by atoms with E-state index < -0.39 is 0 Å². The van der Waals surface area contributed by atoms with Gasteiger partial charge >= 0.3 is 0 Å². The molecule has 0 amide bonds. The van der Waals surface area contributed by atoms with Gasteiger partial charge in [-0.25, -0.2) is 0 Å². The van der Waals surface area contributed by atoms with Crippen LogP contribution in [0.25, 0.3) is 0 Å². The lowest BCUT2D eigenvalue weighted by atomic mass is 9.92. The average Bonchev–Trinajstić information content (AvgIpc) is 2.29. The first-order valence-electron chi connectivity index (χ1n) is 3.76. The van der Waals surface area contributed by atoms with E-state index in [2.05, 4.69) is 5.10 Å². The summed E-state index contributed by atoms with van der Waals surface area (Å²) in [7, 11) is 0. The molecule has 1 heterocycles. The molecule has 2 N–H and O–H groups in total. The second-order valence-electron chi connectivity index (χ2n) is 3.75. The molecule has 0 aliphatic rings. The van der Waals surface area contributed by atoms with Crippen LogP contribution in [0.1, 0.15) is 26.5 Å². The van der Waals surface area contributed by atoms with Crippen molar-refractivity contribution in [3.63, 3.8) is 0 Å². The summed E-state index contributed by atoms with van der Waals surface area (Å²) < 4.78 is 1.14. The summed E-state index contributed by atoms with van der Waals surface area (Å²) in [5, 5.41) is 4.02. The maximum atomic E-state index is 10.4. The van der Waals surface area contributed by atoms with Crippen molar-refractivity contribution in [1.82, 2.24) is 9.78 Å². The molecule has 0 aliphatic heterocycles. The van der Waals surface area contributed by atoms with Gasteiger partial charge in [-0.15, -0.1) is 0 Å². The Bertz CT molecular complexity index is 296. The molecule has 1 aromatic rings. The summed E-state index contributed by atoms with van der Waals surface area (Å²) in [5.74, 6) is 0.384. The monoisotopic (exact) mass is 167 g/mol. The first-order valence-corrected chi connectivity index (χ1v) is 3.76. The summed E-state index contributed by atoms with van der Waals surface area (Å²) >= 11 is 0. The van der Waals surface area contributed by atoms with Gasteiger partial charge in [0.05, 0.1) is 5.69 Å². The van der Waals surface area contributed by atoms with E-state index >= 15 is 0 Å². The number of nitrogen functional groups attached to an aromatic ring is 1. The Morgan fingerprint density at radius 3 is 2.42 bits per heavy atom. The molecule has 0 aliphatic carbocycles. The molecule has 0 saturated heterocycles. The molecule has 66 valence electrons. The molecule has 0 spiro atoms. The molecule has 0 bridgehead atoms. The lowest BCUT2D eigenvalue weighted by Gasteiger charge is -2.13. The second-order valence-corrected chi connectivity index (χ2v) is 3.75. The van der Waals surface area contributed by atoms with E-state index in [1.807, 2.05) is 20.8 Å². The molecule has 0 radical (unpaired) electrons. The van der Waals surface area contributed by atoms with Gasteiger partial charge in [0.15, 0.2) is 0 Å². The van der Waals surface area contributed by atoms with Crippen LogP contribution in [0, 0.1) is 0 Å². The summed E-state index contributed by atoms with van der Waals surface area (Å²) in [5.41, 5.74) is 6.28. The number of nitrogens with two attached hydrogens (primary N) is 1. The number of anilines is 1. The fraction of sp³-hybridized carbons (Fsp3) is 0.500.